The third-order valence-electron chi connectivity index (χ3n) is 8.07. The third kappa shape index (κ3) is 6.42. The molecule has 1 aromatic carbocycles. The van der Waals surface area contributed by atoms with Crippen LogP contribution in [0.15, 0.2) is 30.0 Å². The summed E-state index contributed by atoms with van der Waals surface area (Å²) in [6, 6.07) is 5.98. The van der Waals surface area contributed by atoms with Crippen molar-refractivity contribution in [2.24, 2.45) is 7.05 Å². The number of nitrogens with one attached hydrogen (secondary N) is 1. The minimum atomic E-state index is -4.63. The van der Waals surface area contributed by atoms with Gasteiger partial charge in [0.05, 0.1) is 26.5 Å². The normalized spacial score (nSPS) is 20.2. The smallest absolute Gasteiger partial charge is 0.434 e. The van der Waals surface area contributed by atoms with Crippen molar-refractivity contribution in [1.29, 1.82) is 0 Å². The number of aromatic nitrogens is 3. The van der Waals surface area contributed by atoms with Crippen LogP contribution in [0.3, 0.4) is 0 Å². The monoisotopic (exact) mass is 673 g/mol. The standard InChI is InChI=1S/C29H29Cl3F3N5O2S/c1-39-26(29(33,34)35)25(32)27(38-39)42-11-3-6-22-36-13-21(43-22)18-12-16-7-10-20(37-16)23(18)28(41)40(17-8-9-17)14-15-4-2-5-19(30)24(15)31/h2,4-5,13,16-17,20,37H,3,6-12,14H2,1H3/t16-,20+/m0/s1. The van der Waals surface area contributed by atoms with E-state index in [2.05, 4.69) is 15.4 Å². The van der Waals surface area contributed by atoms with Crippen LogP contribution in [0.5, 0.6) is 5.88 Å². The molecule has 43 heavy (non-hydrogen) atoms. The highest BCUT2D eigenvalue weighted by Crippen LogP contribution is 2.42. The van der Waals surface area contributed by atoms with Gasteiger partial charge in [0.2, 0.25) is 0 Å². The van der Waals surface area contributed by atoms with Crippen LogP contribution in [-0.4, -0.2) is 50.3 Å². The van der Waals surface area contributed by atoms with Gasteiger partial charge in [0, 0.05) is 49.9 Å². The SMILES string of the molecule is Cn1nc(OCCCc2ncc(C3=C(C(=O)N(Cc4cccc(Cl)c4Cl)C4CC4)[C@H]4CC[C@@H](C3)N4)s2)c(Cl)c1C(F)(F)F. The highest BCUT2D eigenvalue weighted by molar-refractivity contribution is 7.12. The summed E-state index contributed by atoms with van der Waals surface area (Å²) in [5.74, 6) is -0.214. The van der Waals surface area contributed by atoms with Gasteiger partial charge in [-0.3, -0.25) is 9.48 Å². The van der Waals surface area contributed by atoms with Gasteiger partial charge in [-0.2, -0.15) is 13.2 Å². The van der Waals surface area contributed by atoms with Crippen molar-refractivity contribution in [2.45, 2.75) is 75.8 Å². The van der Waals surface area contributed by atoms with Gasteiger partial charge in [0.1, 0.15) is 5.02 Å². The van der Waals surface area contributed by atoms with Gasteiger partial charge in [0.25, 0.3) is 11.8 Å². The molecule has 6 rings (SSSR count). The number of carbonyl (C=O) groups excluding carboxylic acids is 1. The first-order valence-corrected chi connectivity index (χ1v) is 16.1. The maximum absolute atomic E-state index is 14.3. The average Bonchev–Trinajstić information content (AvgIpc) is 3.44. The number of rotatable bonds is 10. The molecule has 1 saturated carbocycles. The fourth-order valence-electron chi connectivity index (χ4n) is 5.88. The Morgan fingerprint density at radius 1 is 1.19 bits per heavy atom. The number of fused-ring (bicyclic) bond motifs is 2. The molecule has 14 heteroatoms. The summed E-state index contributed by atoms with van der Waals surface area (Å²) in [5, 5.41) is 8.65. The number of thiazole rings is 1. The molecule has 2 aromatic heterocycles. The van der Waals surface area contributed by atoms with Crippen LogP contribution in [0, 0.1) is 0 Å². The summed E-state index contributed by atoms with van der Waals surface area (Å²) in [6.45, 7) is 0.528. The van der Waals surface area contributed by atoms with E-state index in [0.717, 1.165) is 58.7 Å². The predicted octanol–water partition coefficient (Wildman–Crippen LogP) is 7.34. The van der Waals surface area contributed by atoms with Crippen molar-refractivity contribution in [2.75, 3.05) is 6.61 Å². The maximum atomic E-state index is 14.3. The summed E-state index contributed by atoms with van der Waals surface area (Å²) < 4.78 is 45.7. The van der Waals surface area contributed by atoms with Crippen molar-refractivity contribution >= 4 is 57.6 Å². The minimum Gasteiger partial charge on any atom is -0.476 e. The number of nitrogens with zero attached hydrogens (tertiary/aromatic N) is 4. The molecule has 2 bridgehead atoms. The van der Waals surface area contributed by atoms with Crippen LogP contribution in [0.4, 0.5) is 13.2 Å². The fourth-order valence-corrected chi connectivity index (χ4v) is 7.61. The first-order chi connectivity index (χ1) is 20.5. The number of benzene rings is 1. The molecule has 2 atom stereocenters. The topological polar surface area (TPSA) is 72.3 Å². The fraction of sp³-hybridized carbons (Fsp3) is 0.483. The lowest BCUT2D eigenvalue weighted by Crippen LogP contribution is -2.44. The lowest BCUT2D eigenvalue weighted by atomic mass is 9.93. The molecular formula is C29H29Cl3F3N5O2S. The van der Waals surface area contributed by atoms with E-state index in [1.807, 2.05) is 23.2 Å². The highest BCUT2D eigenvalue weighted by Gasteiger charge is 2.43. The first kappa shape index (κ1) is 30.7. The van der Waals surface area contributed by atoms with E-state index in [4.69, 9.17) is 39.5 Å². The van der Waals surface area contributed by atoms with Gasteiger partial charge >= 0.3 is 6.18 Å². The van der Waals surface area contributed by atoms with Crippen LogP contribution < -0.4 is 10.1 Å². The van der Waals surface area contributed by atoms with Crippen molar-refractivity contribution in [3.05, 3.63) is 66.2 Å². The summed E-state index contributed by atoms with van der Waals surface area (Å²) in [7, 11) is 1.18. The zero-order valence-corrected chi connectivity index (χ0v) is 26.3. The van der Waals surface area contributed by atoms with Crippen molar-refractivity contribution in [3.8, 4) is 5.88 Å². The summed E-state index contributed by atoms with van der Waals surface area (Å²) >= 11 is 20.2. The van der Waals surface area contributed by atoms with E-state index in [1.165, 1.54) is 18.4 Å². The molecule has 3 aromatic rings. The average molecular weight is 675 g/mol. The van der Waals surface area contributed by atoms with Crippen LogP contribution in [0.1, 0.15) is 59.7 Å². The van der Waals surface area contributed by atoms with E-state index in [9.17, 15) is 18.0 Å². The molecule has 2 fully saturated rings. The molecule has 0 spiro atoms. The van der Waals surface area contributed by atoms with Crippen molar-refractivity contribution < 1.29 is 22.7 Å². The summed E-state index contributed by atoms with van der Waals surface area (Å²) in [6.07, 6.45) is 2.85. The number of hydrogen-bond donors (Lipinski definition) is 1. The van der Waals surface area contributed by atoms with Crippen LogP contribution >= 0.6 is 46.1 Å². The number of ether oxygens (including phenoxy) is 1. The van der Waals surface area contributed by atoms with Crippen molar-refractivity contribution in [3.63, 3.8) is 0 Å². The van der Waals surface area contributed by atoms with E-state index >= 15 is 0 Å². The minimum absolute atomic E-state index is 0.0130. The number of halogens is 6. The quantitative estimate of drug-likeness (QED) is 0.228. The Bertz CT molecular complexity index is 1570. The second-order valence-electron chi connectivity index (χ2n) is 11.1. The maximum Gasteiger partial charge on any atom is 0.434 e. The van der Waals surface area contributed by atoms with Crippen LogP contribution in [0.25, 0.3) is 5.57 Å². The number of carbonyl (C=O) groups is 1. The molecular weight excluding hydrogens is 646 g/mol. The van der Waals surface area contributed by atoms with E-state index < -0.39 is 16.9 Å². The molecule has 4 heterocycles. The molecule has 1 amide bonds. The number of alkyl halides is 3. The first-order valence-electron chi connectivity index (χ1n) is 14.1. The van der Waals surface area contributed by atoms with Crippen molar-refractivity contribution in [1.82, 2.24) is 25.0 Å². The zero-order valence-electron chi connectivity index (χ0n) is 23.2. The Labute approximate surface area is 266 Å². The molecule has 1 saturated heterocycles. The number of hydrogen-bond acceptors (Lipinski definition) is 6. The van der Waals surface area contributed by atoms with E-state index in [-0.39, 0.29) is 30.5 Å². The Kier molecular flexibility index (Phi) is 8.74. The van der Waals surface area contributed by atoms with Gasteiger partial charge in [-0.1, -0.05) is 46.9 Å². The lowest BCUT2D eigenvalue weighted by molar-refractivity contribution is -0.143. The Morgan fingerprint density at radius 2 is 1.98 bits per heavy atom. The number of aryl methyl sites for hydroxylation is 2. The van der Waals surface area contributed by atoms with Gasteiger partial charge in [-0.25, -0.2) is 4.98 Å². The Hall–Kier alpha value is -2.31. The lowest BCUT2D eigenvalue weighted by Gasteiger charge is -2.31. The van der Waals surface area contributed by atoms with Crippen LogP contribution in [0.2, 0.25) is 15.1 Å². The molecule has 0 radical (unpaired) electrons. The Morgan fingerprint density at radius 3 is 2.70 bits per heavy atom. The predicted molar refractivity (Wildman–Crippen MR) is 161 cm³/mol. The summed E-state index contributed by atoms with van der Waals surface area (Å²) in [4.78, 5) is 21.8. The molecule has 230 valence electrons. The Balaban J connectivity index is 1.17. The van der Waals surface area contributed by atoms with Crippen LogP contribution in [-0.2, 0) is 31.0 Å². The highest BCUT2D eigenvalue weighted by atomic mass is 35.5. The van der Waals surface area contributed by atoms with Gasteiger partial charge < -0.3 is 15.0 Å². The van der Waals surface area contributed by atoms with Gasteiger partial charge in [-0.05, 0) is 55.7 Å². The second-order valence-corrected chi connectivity index (χ2v) is 13.4. The molecule has 0 unspecified atom stereocenters. The summed E-state index contributed by atoms with van der Waals surface area (Å²) in [5.41, 5.74) is 1.63. The molecule has 3 aliphatic rings. The molecule has 1 aliphatic carbocycles. The van der Waals surface area contributed by atoms with E-state index in [0.29, 0.717) is 40.2 Å². The second kappa shape index (κ2) is 12.2. The molecule has 2 aliphatic heterocycles. The molecule has 1 N–H and O–H groups in total. The largest absolute Gasteiger partial charge is 0.476 e. The third-order valence-corrected chi connectivity index (χ3v) is 10.4. The zero-order chi connectivity index (χ0) is 30.5. The van der Waals surface area contributed by atoms with Gasteiger partial charge in [0.15, 0.2) is 5.69 Å². The van der Waals surface area contributed by atoms with E-state index in [1.54, 1.807) is 6.07 Å². The van der Waals surface area contributed by atoms with Gasteiger partial charge in [-0.15, -0.1) is 16.4 Å². The number of amides is 1. The molecule has 7 nitrogen and oxygen atoms in total.